The van der Waals surface area contributed by atoms with Crippen LogP contribution in [-0.2, 0) is 14.3 Å². The highest BCUT2D eigenvalue weighted by molar-refractivity contribution is 6.31. The van der Waals surface area contributed by atoms with Crippen LogP contribution in [0.15, 0.2) is 24.3 Å². The van der Waals surface area contributed by atoms with Crippen LogP contribution in [0.5, 0.6) is 0 Å². The predicted molar refractivity (Wildman–Crippen MR) is 88.5 cm³/mol. The number of nitro groups is 1. The molecule has 1 aliphatic carbocycles. The molecule has 1 aromatic carbocycles. The maximum absolute atomic E-state index is 11.8. The van der Waals surface area contributed by atoms with E-state index in [2.05, 4.69) is 0 Å². The van der Waals surface area contributed by atoms with Gasteiger partial charge >= 0.3 is 5.97 Å². The molecule has 1 aliphatic rings. The van der Waals surface area contributed by atoms with Crippen molar-refractivity contribution in [2.24, 2.45) is 11.8 Å². The zero-order valence-corrected chi connectivity index (χ0v) is 14.1. The third-order valence-electron chi connectivity index (χ3n) is 4.60. The molecule has 1 aromatic rings. The van der Waals surface area contributed by atoms with Crippen LogP contribution in [0.4, 0.5) is 0 Å². The van der Waals surface area contributed by atoms with Gasteiger partial charge in [-0.1, -0.05) is 29.8 Å². The molecule has 0 aliphatic heterocycles. The van der Waals surface area contributed by atoms with Gasteiger partial charge in [-0.2, -0.15) is 0 Å². The number of hydrogen-bond donors (Lipinski definition) is 0. The van der Waals surface area contributed by atoms with Crippen molar-refractivity contribution in [1.82, 2.24) is 0 Å². The van der Waals surface area contributed by atoms with Crippen molar-refractivity contribution in [2.75, 3.05) is 6.61 Å². The molecule has 0 N–H and O–H groups in total. The first-order valence-electron chi connectivity index (χ1n) is 7.98. The zero-order chi connectivity index (χ0) is 17.7. The molecule has 0 heterocycles. The summed E-state index contributed by atoms with van der Waals surface area (Å²) in [6.07, 6.45) is 1.68. The highest BCUT2D eigenvalue weighted by Gasteiger charge is 2.49. The Morgan fingerprint density at radius 2 is 2.12 bits per heavy atom. The summed E-state index contributed by atoms with van der Waals surface area (Å²) >= 11 is 6.22. The zero-order valence-electron chi connectivity index (χ0n) is 13.4. The first-order chi connectivity index (χ1) is 11.5. The molecule has 0 spiro atoms. The standard InChI is InChI=1S/C17H20ClNO5/c1-2-24-15(21)9-11-7-8-12(10-20)16(17(11)19(22)23)13-5-3-4-6-14(13)18/h3-6,10-12,16-17H,2,7-9H2,1H3/t11-,12+,16+,17-/m1/s1. The summed E-state index contributed by atoms with van der Waals surface area (Å²) in [5.41, 5.74) is 0.589. The Morgan fingerprint density at radius 1 is 1.42 bits per heavy atom. The van der Waals surface area contributed by atoms with Crippen molar-refractivity contribution in [2.45, 2.75) is 38.1 Å². The number of halogens is 1. The van der Waals surface area contributed by atoms with Crippen molar-refractivity contribution in [1.29, 1.82) is 0 Å². The van der Waals surface area contributed by atoms with Gasteiger partial charge in [0.05, 0.1) is 18.9 Å². The lowest BCUT2D eigenvalue weighted by atomic mass is 9.67. The van der Waals surface area contributed by atoms with Crippen LogP contribution in [0.25, 0.3) is 0 Å². The van der Waals surface area contributed by atoms with Gasteiger partial charge in [0.1, 0.15) is 6.29 Å². The van der Waals surface area contributed by atoms with E-state index in [-0.39, 0.29) is 18.0 Å². The Labute approximate surface area is 145 Å². The molecular formula is C17H20ClNO5. The summed E-state index contributed by atoms with van der Waals surface area (Å²) in [5.74, 6) is -2.05. The molecule has 0 bridgehead atoms. The van der Waals surface area contributed by atoms with Gasteiger partial charge in [-0.25, -0.2) is 0 Å². The Kier molecular flexibility index (Phi) is 6.31. The lowest BCUT2D eigenvalue weighted by Crippen LogP contribution is -2.44. The number of benzene rings is 1. The number of ether oxygens (including phenoxy) is 1. The molecule has 4 atom stereocenters. The number of rotatable bonds is 6. The van der Waals surface area contributed by atoms with Gasteiger partial charge in [-0.3, -0.25) is 14.9 Å². The van der Waals surface area contributed by atoms with Crippen molar-refractivity contribution >= 4 is 23.9 Å². The number of carbonyl (C=O) groups is 2. The minimum Gasteiger partial charge on any atom is -0.466 e. The van der Waals surface area contributed by atoms with E-state index in [1.807, 2.05) is 0 Å². The molecule has 0 saturated heterocycles. The Bertz CT molecular complexity index is 621. The van der Waals surface area contributed by atoms with Crippen LogP contribution in [0, 0.1) is 22.0 Å². The third kappa shape index (κ3) is 3.93. The second-order valence-electron chi connectivity index (χ2n) is 5.97. The fraction of sp³-hybridized carbons (Fsp3) is 0.529. The van der Waals surface area contributed by atoms with E-state index in [4.69, 9.17) is 16.3 Å². The maximum atomic E-state index is 11.8. The lowest BCUT2D eigenvalue weighted by Gasteiger charge is -2.36. The van der Waals surface area contributed by atoms with E-state index in [9.17, 15) is 19.7 Å². The predicted octanol–water partition coefficient (Wildman–Crippen LogP) is 3.25. The van der Waals surface area contributed by atoms with Crippen molar-refractivity contribution in [3.63, 3.8) is 0 Å². The summed E-state index contributed by atoms with van der Waals surface area (Å²) in [5, 5.41) is 12.2. The number of hydrogen-bond acceptors (Lipinski definition) is 5. The second kappa shape index (κ2) is 8.24. The third-order valence-corrected chi connectivity index (χ3v) is 4.94. The second-order valence-corrected chi connectivity index (χ2v) is 6.38. The minimum atomic E-state index is -1.04. The van der Waals surface area contributed by atoms with Crippen molar-refractivity contribution in [3.8, 4) is 0 Å². The Hall–Kier alpha value is -1.95. The topological polar surface area (TPSA) is 86.5 Å². The Balaban J connectivity index is 2.38. The van der Waals surface area contributed by atoms with Gasteiger partial charge in [0.15, 0.2) is 0 Å². The average molecular weight is 354 g/mol. The molecule has 0 amide bonds. The SMILES string of the molecule is CCOC(=O)C[C@H]1CC[C@@H](C=O)[C@@H](c2ccccc2Cl)[C@@H]1[N+](=O)[O-]. The molecule has 1 saturated carbocycles. The van der Waals surface area contributed by atoms with Gasteiger partial charge < -0.3 is 9.53 Å². The largest absolute Gasteiger partial charge is 0.466 e. The van der Waals surface area contributed by atoms with Gasteiger partial charge in [-0.05, 0) is 31.4 Å². The first kappa shape index (κ1) is 18.4. The fourth-order valence-electron chi connectivity index (χ4n) is 3.58. The smallest absolute Gasteiger partial charge is 0.306 e. The number of esters is 1. The summed E-state index contributed by atoms with van der Waals surface area (Å²) in [7, 11) is 0. The maximum Gasteiger partial charge on any atom is 0.306 e. The first-order valence-corrected chi connectivity index (χ1v) is 8.36. The number of aldehydes is 1. The normalized spacial score (nSPS) is 26.6. The molecule has 130 valence electrons. The van der Waals surface area contributed by atoms with Gasteiger partial charge in [0.25, 0.3) is 0 Å². The van der Waals surface area contributed by atoms with Crippen LogP contribution >= 0.6 is 11.6 Å². The molecule has 7 heteroatoms. The number of carbonyl (C=O) groups excluding carboxylic acids is 2. The molecule has 0 radical (unpaired) electrons. The molecule has 2 rings (SSSR count). The quantitative estimate of drug-likeness (QED) is 0.339. The van der Waals surface area contributed by atoms with Crippen LogP contribution < -0.4 is 0 Å². The molecule has 0 unspecified atom stereocenters. The summed E-state index contributed by atoms with van der Waals surface area (Å²) < 4.78 is 4.93. The van der Waals surface area contributed by atoms with Crippen molar-refractivity contribution in [3.05, 3.63) is 45.0 Å². The highest BCUT2D eigenvalue weighted by atomic mass is 35.5. The van der Waals surface area contributed by atoms with Gasteiger partial charge in [0, 0.05) is 21.8 Å². The average Bonchev–Trinajstić information content (AvgIpc) is 2.55. The highest BCUT2D eigenvalue weighted by Crippen LogP contribution is 2.44. The van der Waals surface area contributed by atoms with Crippen LogP contribution in [-0.4, -0.2) is 29.8 Å². The summed E-state index contributed by atoms with van der Waals surface area (Å²) in [6.45, 7) is 1.93. The molecule has 24 heavy (non-hydrogen) atoms. The van der Waals surface area contributed by atoms with E-state index < -0.39 is 29.8 Å². The van der Waals surface area contributed by atoms with Gasteiger partial charge in [0.2, 0.25) is 6.04 Å². The monoisotopic (exact) mass is 353 g/mol. The molecular weight excluding hydrogens is 334 g/mol. The van der Waals surface area contributed by atoms with Gasteiger partial charge in [-0.15, -0.1) is 0 Å². The van der Waals surface area contributed by atoms with E-state index in [1.165, 1.54) is 0 Å². The van der Waals surface area contributed by atoms with Crippen LogP contribution in [0.1, 0.15) is 37.7 Å². The summed E-state index contributed by atoms with van der Waals surface area (Å²) in [4.78, 5) is 34.7. The van der Waals surface area contributed by atoms with E-state index in [0.717, 1.165) is 6.29 Å². The molecule has 6 nitrogen and oxygen atoms in total. The van der Waals surface area contributed by atoms with Crippen LogP contribution in [0.3, 0.4) is 0 Å². The van der Waals surface area contributed by atoms with E-state index >= 15 is 0 Å². The Morgan fingerprint density at radius 3 is 2.71 bits per heavy atom. The lowest BCUT2D eigenvalue weighted by molar-refractivity contribution is -0.540. The minimum absolute atomic E-state index is 0.0218. The fourth-order valence-corrected chi connectivity index (χ4v) is 3.84. The van der Waals surface area contributed by atoms with Crippen molar-refractivity contribution < 1.29 is 19.2 Å². The van der Waals surface area contributed by atoms with E-state index in [1.54, 1.807) is 31.2 Å². The number of nitrogens with zero attached hydrogens (tertiary/aromatic N) is 1. The summed E-state index contributed by atoms with van der Waals surface area (Å²) in [6, 6.07) is 5.81. The van der Waals surface area contributed by atoms with Crippen LogP contribution in [0.2, 0.25) is 5.02 Å². The molecule has 0 aromatic heterocycles. The van der Waals surface area contributed by atoms with E-state index in [0.29, 0.717) is 23.4 Å². The molecule has 1 fully saturated rings.